The normalized spacial score (nSPS) is 20.2. The third-order valence-electron chi connectivity index (χ3n) is 6.91. The summed E-state index contributed by atoms with van der Waals surface area (Å²) in [6, 6.07) is 5.47. The largest absolute Gasteiger partial charge is 0.481 e. The fraction of sp³-hybridized carbons (Fsp3) is 0.407. The predicted octanol–water partition coefficient (Wildman–Crippen LogP) is 3.14. The number of aliphatic hydroxyl groups excluding tert-OH is 1. The van der Waals surface area contributed by atoms with Gasteiger partial charge in [-0.25, -0.2) is 4.98 Å². The summed E-state index contributed by atoms with van der Waals surface area (Å²) in [5.74, 6) is 1.05. The van der Waals surface area contributed by atoms with E-state index in [2.05, 4.69) is 20.9 Å². The monoisotopic (exact) mass is 492 g/mol. The first kappa shape index (κ1) is 24.3. The zero-order chi connectivity index (χ0) is 25.0. The van der Waals surface area contributed by atoms with Crippen molar-refractivity contribution in [1.29, 1.82) is 0 Å². The van der Waals surface area contributed by atoms with Crippen molar-refractivity contribution in [2.24, 2.45) is 0 Å². The number of methoxy groups -OCH3 is 1. The quantitative estimate of drug-likeness (QED) is 0.576. The number of piperidine rings is 1. The summed E-state index contributed by atoms with van der Waals surface area (Å²) in [5.41, 5.74) is 2.21. The van der Waals surface area contributed by atoms with Crippen molar-refractivity contribution in [2.75, 3.05) is 33.3 Å². The van der Waals surface area contributed by atoms with Crippen LogP contribution in [0, 0.1) is 0 Å². The Labute approximate surface area is 210 Å². The second-order valence-corrected chi connectivity index (χ2v) is 9.28. The molecule has 2 aromatic heterocycles. The standard InChI is InChI=1S/C27H32N4O5/c1-34-24-8-7-23-26(29-24)22(9-12-28-23)27(33)10-13-30(14-11-27)17-21(32)18-31(20-5-3-2-4-6-20)25-19-35-15-16-36-25/h2-3,5,7-9,12,15-16,19,21,32-33H,4,6,10-11,13-14,17-18H2,1H3. The zero-order valence-corrected chi connectivity index (χ0v) is 20.4. The van der Waals surface area contributed by atoms with Gasteiger partial charge < -0.3 is 34.2 Å². The molecular weight excluding hydrogens is 460 g/mol. The number of aliphatic hydroxyl groups is 2. The zero-order valence-electron chi connectivity index (χ0n) is 20.4. The van der Waals surface area contributed by atoms with Gasteiger partial charge in [0.2, 0.25) is 11.8 Å². The van der Waals surface area contributed by atoms with Gasteiger partial charge in [-0.1, -0.05) is 12.2 Å². The van der Waals surface area contributed by atoms with Crippen LogP contribution in [0.25, 0.3) is 11.0 Å². The van der Waals surface area contributed by atoms with E-state index in [9.17, 15) is 10.2 Å². The number of β-amino-alcohol motifs (C(OH)–C–C–N with tert-alkyl or cyclic N) is 1. The number of nitrogens with zero attached hydrogens (tertiary/aromatic N) is 4. The van der Waals surface area contributed by atoms with Gasteiger partial charge in [-0.15, -0.1) is 0 Å². The van der Waals surface area contributed by atoms with Gasteiger partial charge in [0, 0.05) is 43.2 Å². The van der Waals surface area contributed by atoms with Crippen LogP contribution in [0.2, 0.25) is 0 Å². The molecule has 0 aromatic carbocycles. The molecule has 2 N–H and O–H groups in total. The Morgan fingerprint density at radius 3 is 2.81 bits per heavy atom. The van der Waals surface area contributed by atoms with E-state index in [1.54, 1.807) is 25.6 Å². The van der Waals surface area contributed by atoms with Crippen LogP contribution < -0.4 is 4.74 Å². The molecule has 2 aliphatic heterocycles. The van der Waals surface area contributed by atoms with E-state index in [0.29, 0.717) is 56.3 Å². The minimum Gasteiger partial charge on any atom is -0.481 e. The highest BCUT2D eigenvalue weighted by molar-refractivity contribution is 5.79. The number of ether oxygens (including phenoxy) is 3. The Morgan fingerprint density at radius 2 is 2.08 bits per heavy atom. The number of likely N-dealkylation sites (tertiary alicyclic amines) is 1. The SMILES string of the molecule is COc1ccc2nccc(C3(O)CCN(CC(O)CN(C4=CC=CCC4)C4=COC=CO4)CC3)c2n1. The molecule has 9 heteroatoms. The molecule has 0 bridgehead atoms. The molecule has 1 saturated heterocycles. The fourth-order valence-corrected chi connectivity index (χ4v) is 4.98. The third-order valence-corrected chi connectivity index (χ3v) is 6.91. The minimum atomic E-state index is -1.02. The van der Waals surface area contributed by atoms with Crippen LogP contribution in [0.1, 0.15) is 31.2 Å². The number of fused-ring (bicyclic) bond motifs is 1. The lowest BCUT2D eigenvalue weighted by atomic mass is 9.84. The van der Waals surface area contributed by atoms with E-state index < -0.39 is 11.7 Å². The molecule has 2 aromatic rings. The number of pyridine rings is 2. The van der Waals surface area contributed by atoms with Crippen LogP contribution in [-0.4, -0.2) is 69.4 Å². The van der Waals surface area contributed by atoms with Crippen LogP contribution in [0.4, 0.5) is 0 Å². The maximum absolute atomic E-state index is 11.6. The van der Waals surface area contributed by atoms with Crippen molar-refractivity contribution >= 4 is 11.0 Å². The number of rotatable bonds is 8. The average molecular weight is 493 g/mol. The van der Waals surface area contributed by atoms with Crippen molar-refractivity contribution < 1.29 is 24.4 Å². The first-order valence-electron chi connectivity index (χ1n) is 12.3. The van der Waals surface area contributed by atoms with E-state index in [1.807, 2.05) is 29.2 Å². The van der Waals surface area contributed by atoms with Crippen LogP contribution in [0.3, 0.4) is 0 Å². The van der Waals surface area contributed by atoms with Gasteiger partial charge in [-0.3, -0.25) is 4.98 Å². The molecule has 190 valence electrons. The molecule has 0 amide bonds. The van der Waals surface area contributed by atoms with Gasteiger partial charge in [-0.2, -0.15) is 0 Å². The smallest absolute Gasteiger partial charge is 0.235 e. The second-order valence-electron chi connectivity index (χ2n) is 9.28. The summed E-state index contributed by atoms with van der Waals surface area (Å²) in [5, 5.41) is 22.6. The van der Waals surface area contributed by atoms with E-state index in [4.69, 9.17) is 14.2 Å². The molecule has 1 atom stereocenters. The lowest BCUT2D eigenvalue weighted by molar-refractivity contribution is -0.0353. The van der Waals surface area contributed by atoms with Gasteiger partial charge in [0.1, 0.15) is 12.5 Å². The molecule has 36 heavy (non-hydrogen) atoms. The van der Waals surface area contributed by atoms with Crippen molar-refractivity contribution in [3.8, 4) is 5.88 Å². The van der Waals surface area contributed by atoms with Gasteiger partial charge in [-0.05, 0) is 43.9 Å². The lowest BCUT2D eigenvalue weighted by Crippen LogP contribution is -2.47. The molecule has 9 nitrogen and oxygen atoms in total. The molecule has 0 saturated carbocycles. The molecule has 1 unspecified atom stereocenters. The molecule has 3 aliphatic rings. The summed E-state index contributed by atoms with van der Waals surface area (Å²) in [7, 11) is 1.58. The fourth-order valence-electron chi connectivity index (χ4n) is 4.98. The molecule has 0 spiro atoms. The third kappa shape index (κ3) is 5.23. The highest BCUT2D eigenvalue weighted by Gasteiger charge is 2.36. The molecule has 0 radical (unpaired) electrons. The van der Waals surface area contributed by atoms with Gasteiger partial charge in [0.15, 0.2) is 6.26 Å². The van der Waals surface area contributed by atoms with Gasteiger partial charge in [0.05, 0.1) is 36.4 Å². The van der Waals surface area contributed by atoms with Crippen molar-refractivity contribution in [1.82, 2.24) is 19.8 Å². The van der Waals surface area contributed by atoms with E-state index in [1.165, 1.54) is 12.5 Å². The topological polar surface area (TPSA) is 100 Å². The first-order valence-corrected chi connectivity index (χ1v) is 12.3. The van der Waals surface area contributed by atoms with Crippen LogP contribution in [0.5, 0.6) is 5.88 Å². The highest BCUT2D eigenvalue weighted by atomic mass is 16.5. The Bertz CT molecular complexity index is 1200. The van der Waals surface area contributed by atoms with E-state index in [-0.39, 0.29) is 0 Å². The van der Waals surface area contributed by atoms with Gasteiger partial charge in [0.25, 0.3) is 0 Å². The van der Waals surface area contributed by atoms with Crippen molar-refractivity contribution in [3.05, 3.63) is 78.6 Å². The molecule has 4 heterocycles. The highest BCUT2D eigenvalue weighted by Crippen LogP contribution is 2.36. The Kier molecular flexibility index (Phi) is 7.22. The number of hydrogen-bond acceptors (Lipinski definition) is 9. The lowest BCUT2D eigenvalue weighted by Gasteiger charge is -2.40. The van der Waals surface area contributed by atoms with Crippen molar-refractivity contribution in [3.63, 3.8) is 0 Å². The first-order chi connectivity index (χ1) is 17.6. The van der Waals surface area contributed by atoms with Crippen LogP contribution in [0.15, 0.2) is 73.0 Å². The Balaban J connectivity index is 1.24. The molecular formula is C27H32N4O5. The number of aromatic nitrogens is 2. The van der Waals surface area contributed by atoms with Gasteiger partial charge >= 0.3 is 0 Å². The average Bonchev–Trinajstić information content (AvgIpc) is 2.93. The summed E-state index contributed by atoms with van der Waals surface area (Å²) in [6.45, 7) is 2.17. The summed E-state index contributed by atoms with van der Waals surface area (Å²) in [4.78, 5) is 13.1. The van der Waals surface area contributed by atoms with Crippen LogP contribution in [-0.2, 0) is 15.1 Å². The molecule has 1 fully saturated rings. The minimum absolute atomic E-state index is 0.377. The van der Waals surface area contributed by atoms with Crippen LogP contribution >= 0.6 is 0 Å². The summed E-state index contributed by atoms with van der Waals surface area (Å²) >= 11 is 0. The Hall–Kier alpha value is -3.40. The van der Waals surface area contributed by atoms with Crippen molar-refractivity contribution in [2.45, 2.75) is 37.4 Å². The maximum Gasteiger partial charge on any atom is 0.235 e. The second kappa shape index (κ2) is 10.7. The molecule has 1 aliphatic carbocycles. The van der Waals surface area contributed by atoms with E-state index >= 15 is 0 Å². The summed E-state index contributed by atoms with van der Waals surface area (Å²) < 4.78 is 16.2. The number of allylic oxidation sites excluding steroid dienone is 4. The van der Waals surface area contributed by atoms with E-state index in [0.717, 1.165) is 29.6 Å². The molecule has 5 rings (SSSR count). The number of hydrogen-bond donors (Lipinski definition) is 2. The Morgan fingerprint density at radius 1 is 1.22 bits per heavy atom. The predicted molar refractivity (Wildman–Crippen MR) is 134 cm³/mol. The maximum atomic E-state index is 11.6. The summed E-state index contributed by atoms with van der Waals surface area (Å²) in [6.07, 6.45) is 14.7.